The van der Waals surface area contributed by atoms with Crippen molar-refractivity contribution in [2.45, 2.75) is 71.1 Å². The molecular weight excluding hydrogens is 256 g/mol. The van der Waals surface area contributed by atoms with Crippen LogP contribution >= 0.6 is 12.2 Å². The summed E-state index contributed by atoms with van der Waals surface area (Å²) in [5, 5.41) is 3.05. The molecule has 0 atom stereocenters. The summed E-state index contributed by atoms with van der Waals surface area (Å²) in [6.07, 6.45) is 10.8. The van der Waals surface area contributed by atoms with E-state index in [0.717, 1.165) is 38.6 Å². The molecule has 3 nitrogen and oxygen atoms in total. The number of amides is 1. The lowest BCUT2D eigenvalue weighted by Gasteiger charge is -2.30. The third-order valence-electron chi connectivity index (χ3n) is 4.18. The second kappa shape index (κ2) is 8.51. The fourth-order valence-corrected chi connectivity index (χ4v) is 3.14. The molecular formula is C15H28N2OS. The molecule has 110 valence electrons. The highest BCUT2D eigenvalue weighted by atomic mass is 32.1. The number of hydrogen-bond donors (Lipinski definition) is 2. The van der Waals surface area contributed by atoms with Gasteiger partial charge in [-0.1, -0.05) is 64.1 Å². The minimum Gasteiger partial charge on any atom is -0.392 e. The van der Waals surface area contributed by atoms with Crippen LogP contribution in [0.3, 0.4) is 0 Å². The van der Waals surface area contributed by atoms with Crippen molar-refractivity contribution in [3.63, 3.8) is 0 Å². The summed E-state index contributed by atoms with van der Waals surface area (Å²) in [4.78, 5) is 12.9. The first kappa shape index (κ1) is 16.4. The Hall–Kier alpha value is -0.640. The van der Waals surface area contributed by atoms with Gasteiger partial charge in [0.2, 0.25) is 5.91 Å². The van der Waals surface area contributed by atoms with Gasteiger partial charge in [-0.25, -0.2) is 0 Å². The first-order chi connectivity index (χ1) is 9.13. The zero-order valence-electron chi connectivity index (χ0n) is 12.2. The van der Waals surface area contributed by atoms with Crippen LogP contribution in [0, 0.1) is 5.41 Å². The molecule has 0 heterocycles. The highest BCUT2D eigenvalue weighted by Crippen LogP contribution is 2.35. The molecule has 1 amide bonds. The van der Waals surface area contributed by atoms with Crippen LogP contribution in [-0.2, 0) is 4.79 Å². The minimum absolute atomic E-state index is 0.0680. The molecule has 0 radical (unpaired) electrons. The maximum Gasteiger partial charge on any atom is 0.233 e. The SMILES string of the molecule is CCCCCCNC(=O)C1(C(N)=S)CCCCCC1. The van der Waals surface area contributed by atoms with Crippen LogP contribution in [0.15, 0.2) is 0 Å². The van der Waals surface area contributed by atoms with E-state index < -0.39 is 5.41 Å². The van der Waals surface area contributed by atoms with Gasteiger partial charge in [-0.2, -0.15) is 0 Å². The molecule has 1 aliphatic rings. The zero-order valence-corrected chi connectivity index (χ0v) is 13.0. The Labute approximate surface area is 122 Å². The number of nitrogens with two attached hydrogens (primary N) is 1. The Kier molecular flexibility index (Phi) is 7.36. The summed E-state index contributed by atoms with van der Waals surface area (Å²) in [5.74, 6) is 0.0680. The lowest BCUT2D eigenvalue weighted by molar-refractivity contribution is -0.128. The van der Waals surface area contributed by atoms with Crippen LogP contribution in [0.4, 0.5) is 0 Å². The number of unbranched alkanes of at least 4 members (excludes halogenated alkanes) is 3. The van der Waals surface area contributed by atoms with E-state index in [1.165, 1.54) is 32.1 Å². The van der Waals surface area contributed by atoms with Crippen molar-refractivity contribution in [3.8, 4) is 0 Å². The predicted octanol–water partition coefficient (Wildman–Crippen LogP) is 3.31. The molecule has 3 N–H and O–H groups in total. The quantitative estimate of drug-likeness (QED) is 0.428. The summed E-state index contributed by atoms with van der Waals surface area (Å²) >= 11 is 5.20. The zero-order chi connectivity index (χ0) is 14.1. The molecule has 1 fully saturated rings. The molecule has 1 rings (SSSR count). The maximum atomic E-state index is 12.5. The van der Waals surface area contributed by atoms with Crippen molar-refractivity contribution in [1.29, 1.82) is 0 Å². The van der Waals surface area contributed by atoms with Gasteiger partial charge in [0.15, 0.2) is 0 Å². The number of thiocarbonyl (C=S) groups is 1. The predicted molar refractivity (Wildman–Crippen MR) is 84.1 cm³/mol. The summed E-state index contributed by atoms with van der Waals surface area (Å²) in [5.41, 5.74) is 5.32. The van der Waals surface area contributed by atoms with E-state index in [4.69, 9.17) is 18.0 Å². The summed E-state index contributed by atoms with van der Waals surface area (Å²) in [6.45, 7) is 2.94. The Balaban J connectivity index is 2.50. The van der Waals surface area contributed by atoms with Crippen LogP contribution in [-0.4, -0.2) is 17.4 Å². The Morgan fingerprint density at radius 3 is 2.32 bits per heavy atom. The molecule has 0 spiro atoms. The highest BCUT2D eigenvalue weighted by molar-refractivity contribution is 7.80. The van der Waals surface area contributed by atoms with Crippen LogP contribution in [0.2, 0.25) is 0 Å². The second-order valence-electron chi connectivity index (χ2n) is 5.68. The van der Waals surface area contributed by atoms with Gasteiger partial charge >= 0.3 is 0 Å². The first-order valence-corrected chi connectivity index (χ1v) is 8.12. The maximum absolute atomic E-state index is 12.5. The lowest BCUT2D eigenvalue weighted by Crippen LogP contribution is -2.48. The van der Waals surface area contributed by atoms with E-state index in [2.05, 4.69) is 12.2 Å². The standard InChI is InChI=1S/C15H28N2OS/c1-2-3-4-9-12-17-14(18)15(13(16)19)10-7-5-6-8-11-15/h2-12H2,1H3,(H2,16,19)(H,17,18). The number of carbonyl (C=O) groups excluding carboxylic acids is 1. The van der Waals surface area contributed by atoms with Crippen LogP contribution < -0.4 is 11.1 Å². The highest BCUT2D eigenvalue weighted by Gasteiger charge is 2.41. The molecule has 1 saturated carbocycles. The van der Waals surface area contributed by atoms with Crippen molar-refractivity contribution >= 4 is 23.1 Å². The minimum atomic E-state index is -0.573. The van der Waals surface area contributed by atoms with Gasteiger partial charge < -0.3 is 11.1 Å². The number of hydrogen-bond acceptors (Lipinski definition) is 2. The lowest BCUT2D eigenvalue weighted by atomic mass is 9.79. The number of nitrogens with one attached hydrogen (secondary N) is 1. The smallest absolute Gasteiger partial charge is 0.233 e. The molecule has 0 aromatic heterocycles. The van der Waals surface area contributed by atoms with Gasteiger partial charge in [0.05, 0.1) is 10.4 Å². The largest absolute Gasteiger partial charge is 0.392 e. The Bertz CT molecular complexity index is 297. The van der Waals surface area contributed by atoms with Gasteiger partial charge in [-0.05, 0) is 19.3 Å². The summed E-state index contributed by atoms with van der Waals surface area (Å²) in [6, 6.07) is 0. The monoisotopic (exact) mass is 284 g/mol. The van der Waals surface area contributed by atoms with Crippen LogP contribution in [0.1, 0.15) is 71.1 Å². The Morgan fingerprint density at radius 2 is 1.79 bits per heavy atom. The average molecular weight is 284 g/mol. The van der Waals surface area contributed by atoms with Gasteiger partial charge in [0.1, 0.15) is 0 Å². The fourth-order valence-electron chi connectivity index (χ4n) is 2.84. The van der Waals surface area contributed by atoms with Gasteiger partial charge in [0, 0.05) is 6.54 Å². The van der Waals surface area contributed by atoms with Crippen molar-refractivity contribution in [1.82, 2.24) is 5.32 Å². The topological polar surface area (TPSA) is 55.1 Å². The summed E-state index contributed by atoms with van der Waals surface area (Å²) in [7, 11) is 0. The Morgan fingerprint density at radius 1 is 1.16 bits per heavy atom. The van der Waals surface area contributed by atoms with E-state index in [-0.39, 0.29) is 5.91 Å². The average Bonchev–Trinajstić information content (AvgIpc) is 2.64. The molecule has 0 aromatic carbocycles. The molecule has 0 unspecified atom stereocenters. The number of carbonyl (C=O) groups is 1. The van der Waals surface area contributed by atoms with E-state index in [0.29, 0.717) is 4.99 Å². The van der Waals surface area contributed by atoms with Gasteiger partial charge in [-0.15, -0.1) is 0 Å². The van der Waals surface area contributed by atoms with E-state index in [1.807, 2.05) is 0 Å². The molecule has 19 heavy (non-hydrogen) atoms. The van der Waals surface area contributed by atoms with Gasteiger partial charge in [-0.3, -0.25) is 4.79 Å². The third-order valence-corrected chi connectivity index (χ3v) is 4.57. The van der Waals surface area contributed by atoms with Crippen molar-refractivity contribution < 1.29 is 4.79 Å². The molecule has 0 saturated heterocycles. The normalized spacial score (nSPS) is 18.6. The third kappa shape index (κ3) is 4.75. The van der Waals surface area contributed by atoms with Gasteiger partial charge in [0.25, 0.3) is 0 Å². The fraction of sp³-hybridized carbons (Fsp3) is 0.867. The molecule has 0 aliphatic heterocycles. The van der Waals surface area contributed by atoms with Crippen LogP contribution in [0.25, 0.3) is 0 Å². The number of rotatable bonds is 7. The van der Waals surface area contributed by atoms with Crippen molar-refractivity contribution in [3.05, 3.63) is 0 Å². The summed E-state index contributed by atoms with van der Waals surface area (Å²) < 4.78 is 0. The molecule has 1 aliphatic carbocycles. The molecule has 4 heteroatoms. The molecule has 0 bridgehead atoms. The van der Waals surface area contributed by atoms with Crippen molar-refractivity contribution in [2.75, 3.05) is 6.54 Å². The first-order valence-electron chi connectivity index (χ1n) is 7.71. The molecule has 0 aromatic rings. The second-order valence-corrected chi connectivity index (χ2v) is 6.12. The van der Waals surface area contributed by atoms with Crippen molar-refractivity contribution in [2.24, 2.45) is 11.1 Å². The van der Waals surface area contributed by atoms with E-state index in [1.54, 1.807) is 0 Å². The van der Waals surface area contributed by atoms with E-state index in [9.17, 15) is 4.79 Å². The van der Waals surface area contributed by atoms with E-state index >= 15 is 0 Å². The van der Waals surface area contributed by atoms with Crippen LogP contribution in [0.5, 0.6) is 0 Å².